The third-order valence-electron chi connectivity index (χ3n) is 7.98. The third-order valence-corrected chi connectivity index (χ3v) is 14.5. The Morgan fingerprint density at radius 2 is 1.42 bits per heavy atom. The highest BCUT2D eigenvalue weighted by Crippen LogP contribution is 2.60. The maximum atomic E-state index is 13.2. The lowest BCUT2D eigenvalue weighted by molar-refractivity contribution is -0.137. The van der Waals surface area contributed by atoms with E-state index >= 15 is 0 Å². The third kappa shape index (κ3) is 4.30. The van der Waals surface area contributed by atoms with Crippen LogP contribution in [0.5, 0.6) is 0 Å². The maximum Gasteiger partial charge on any atom is 0.416 e. The second-order valence-corrected chi connectivity index (χ2v) is 16.9. The van der Waals surface area contributed by atoms with Crippen molar-refractivity contribution in [3.8, 4) is 0 Å². The van der Waals surface area contributed by atoms with Crippen molar-refractivity contribution in [3.05, 3.63) is 65.2 Å². The average Bonchev–Trinajstić information content (AvgIpc) is 2.92. The van der Waals surface area contributed by atoms with Crippen LogP contribution in [0.4, 0.5) is 18.9 Å². The number of hydrogen-bond acceptors (Lipinski definition) is 1. The van der Waals surface area contributed by atoms with Crippen LogP contribution in [0.15, 0.2) is 48.5 Å². The first kappa shape index (κ1) is 23.9. The van der Waals surface area contributed by atoms with Crippen molar-refractivity contribution in [2.45, 2.75) is 89.4 Å². The molecule has 0 aliphatic carbocycles. The minimum atomic E-state index is -4.32. The highest BCUT2D eigenvalue weighted by Gasteiger charge is 2.56. The summed E-state index contributed by atoms with van der Waals surface area (Å²) >= 11 is 0. The standard InChI is InChI=1S/C26H36F3NSi/c1-18-9-11-19(12-10-18)22-17-23(31(7,8)24(2,3)4)25(5,6)30(22)21-15-13-20(14-16-21)26(27,28)29/h9-16,22-23H,17H2,1-8H3. The minimum Gasteiger partial charge on any atom is -0.359 e. The Labute approximate surface area is 186 Å². The molecule has 2 aromatic carbocycles. The molecule has 170 valence electrons. The van der Waals surface area contributed by atoms with Crippen LogP contribution in [0.1, 0.15) is 63.8 Å². The molecule has 0 radical (unpaired) electrons. The van der Waals surface area contributed by atoms with Gasteiger partial charge in [0.2, 0.25) is 0 Å². The molecule has 1 aliphatic heterocycles. The van der Waals surface area contributed by atoms with Crippen molar-refractivity contribution in [1.29, 1.82) is 0 Å². The van der Waals surface area contributed by atoms with Crippen molar-refractivity contribution in [2.24, 2.45) is 0 Å². The second kappa shape index (κ2) is 7.68. The molecule has 1 fully saturated rings. The van der Waals surface area contributed by atoms with E-state index in [-0.39, 0.29) is 16.6 Å². The van der Waals surface area contributed by atoms with Gasteiger partial charge >= 0.3 is 6.18 Å². The predicted molar refractivity (Wildman–Crippen MR) is 127 cm³/mol. The zero-order valence-electron chi connectivity index (χ0n) is 20.1. The van der Waals surface area contributed by atoms with Crippen LogP contribution < -0.4 is 4.90 Å². The van der Waals surface area contributed by atoms with E-state index in [1.165, 1.54) is 23.3 Å². The molecule has 3 rings (SSSR count). The molecule has 0 amide bonds. The first-order valence-corrected chi connectivity index (χ1v) is 14.2. The summed E-state index contributed by atoms with van der Waals surface area (Å²) in [6.07, 6.45) is -3.30. The van der Waals surface area contributed by atoms with Gasteiger partial charge in [0, 0.05) is 11.2 Å². The quantitative estimate of drug-likeness (QED) is 0.426. The van der Waals surface area contributed by atoms with E-state index in [9.17, 15) is 13.2 Å². The van der Waals surface area contributed by atoms with E-state index in [1.807, 2.05) is 0 Å². The van der Waals surface area contributed by atoms with Crippen molar-refractivity contribution in [2.75, 3.05) is 4.90 Å². The minimum absolute atomic E-state index is 0.145. The van der Waals surface area contributed by atoms with Crippen LogP contribution in [0, 0.1) is 6.92 Å². The van der Waals surface area contributed by atoms with Crippen LogP contribution in [0.3, 0.4) is 0 Å². The number of halogens is 3. The SMILES string of the molecule is Cc1ccc(C2CC([Si](C)(C)C(C)(C)C)C(C)(C)N2c2ccc(C(F)(F)F)cc2)cc1. The highest BCUT2D eigenvalue weighted by molar-refractivity contribution is 6.81. The Kier molecular flexibility index (Phi) is 5.92. The van der Waals surface area contributed by atoms with Gasteiger partial charge < -0.3 is 4.90 Å². The van der Waals surface area contributed by atoms with Gasteiger partial charge in [-0.3, -0.25) is 0 Å². The summed E-state index contributed by atoms with van der Waals surface area (Å²) in [5.74, 6) is 0. The molecule has 1 nitrogen and oxygen atoms in total. The summed E-state index contributed by atoms with van der Waals surface area (Å²) in [5, 5.41) is 0.225. The van der Waals surface area contributed by atoms with E-state index in [1.54, 1.807) is 12.1 Å². The van der Waals surface area contributed by atoms with Crippen molar-refractivity contribution in [1.82, 2.24) is 0 Å². The first-order chi connectivity index (χ1) is 14.1. The van der Waals surface area contributed by atoms with E-state index in [2.05, 4.69) is 83.8 Å². The zero-order chi connectivity index (χ0) is 23.4. The molecule has 1 saturated heterocycles. The summed E-state index contributed by atoms with van der Waals surface area (Å²) in [5.41, 5.74) is 3.04. The van der Waals surface area contributed by atoms with E-state index < -0.39 is 19.8 Å². The molecule has 0 saturated carbocycles. The maximum absolute atomic E-state index is 13.2. The lowest BCUT2D eigenvalue weighted by atomic mass is 10.00. The van der Waals surface area contributed by atoms with E-state index in [0.29, 0.717) is 5.54 Å². The Balaban J connectivity index is 2.12. The van der Waals surface area contributed by atoms with Gasteiger partial charge in [-0.25, -0.2) is 0 Å². The molecule has 0 spiro atoms. The molecule has 0 bridgehead atoms. The monoisotopic (exact) mass is 447 g/mol. The largest absolute Gasteiger partial charge is 0.416 e. The van der Waals surface area contributed by atoms with Crippen LogP contribution in [-0.2, 0) is 6.18 Å². The smallest absolute Gasteiger partial charge is 0.359 e. The Morgan fingerprint density at radius 3 is 1.87 bits per heavy atom. The number of aryl methyl sites for hydroxylation is 1. The summed E-state index contributed by atoms with van der Waals surface area (Å²) in [4.78, 5) is 2.39. The van der Waals surface area contributed by atoms with Crippen LogP contribution in [0.25, 0.3) is 0 Å². The van der Waals surface area contributed by atoms with Crippen LogP contribution >= 0.6 is 0 Å². The van der Waals surface area contributed by atoms with Gasteiger partial charge in [-0.05, 0) is 67.6 Å². The van der Waals surface area contributed by atoms with Crippen LogP contribution in [-0.4, -0.2) is 13.6 Å². The molecule has 2 atom stereocenters. The summed E-state index contributed by atoms with van der Waals surface area (Å²) < 4.78 is 39.5. The highest BCUT2D eigenvalue weighted by atomic mass is 28.3. The fourth-order valence-corrected chi connectivity index (χ4v) is 9.05. The van der Waals surface area contributed by atoms with Gasteiger partial charge in [0.1, 0.15) is 0 Å². The van der Waals surface area contributed by atoms with Crippen LogP contribution in [0.2, 0.25) is 23.7 Å². The lowest BCUT2D eigenvalue weighted by Crippen LogP contribution is -2.52. The number of benzene rings is 2. The average molecular weight is 448 g/mol. The van der Waals surface area contributed by atoms with Crippen molar-refractivity contribution in [3.63, 3.8) is 0 Å². The Morgan fingerprint density at radius 1 is 0.903 bits per heavy atom. The predicted octanol–water partition coefficient (Wildman–Crippen LogP) is 8.62. The van der Waals surface area contributed by atoms with Gasteiger partial charge in [0.05, 0.1) is 19.7 Å². The van der Waals surface area contributed by atoms with Crippen molar-refractivity contribution >= 4 is 13.8 Å². The lowest BCUT2D eigenvalue weighted by Gasteiger charge is -2.49. The molecule has 0 N–H and O–H groups in total. The second-order valence-electron chi connectivity index (χ2n) is 11.3. The summed E-state index contributed by atoms with van der Waals surface area (Å²) in [6, 6.07) is 14.5. The molecule has 1 heterocycles. The summed E-state index contributed by atoms with van der Waals surface area (Å²) in [7, 11) is -1.73. The number of nitrogens with zero attached hydrogens (tertiary/aromatic N) is 1. The van der Waals surface area contributed by atoms with E-state index in [0.717, 1.165) is 12.1 Å². The van der Waals surface area contributed by atoms with Gasteiger partial charge in [-0.2, -0.15) is 13.2 Å². The normalized spacial score (nSPS) is 22.1. The number of hydrogen-bond donors (Lipinski definition) is 0. The molecule has 31 heavy (non-hydrogen) atoms. The van der Waals surface area contributed by atoms with Gasteiger partial charge in [-0.15, -0.1) is 0 Å². The van der Waals surface area contributed by atoms with E-state index in [4.69, 9.17) is 0 Å². The molecule has 5 heteroatoms. The topological polar surface area (TPSA) is 3.24 Å². The van der Waals surface area contributed by atoms with Gasteiger partial charge in [-0.1, -0.05) is 63.7 Å². The zero-order valence-corrected chi connectivity index (χ0v) is 21.1. The van der Waals surface area contributed by atoms with Gasteiger partial charge in [0.15, 0.2) is 0 Å². The summed E-state index contributed by atoms with van der Waals surface area (Å²) in [6.45, 7) is 18.6. The molecular formula is C26H36F3NSi. The van der Waals surface area contributed by atoms with Crippen molar-refractivity contribution < 1.29 is 13.2 Å². The molecule has 2 unspecified atom stereocenters. The Hall–Kier alpha value is -1.75. The fraction of sp³-hybridized carbons (Fsp3) is 0.538. The first-order valence-electron chi connectivity index (χ1n) is 11.1. The molecule has 1 aliphatic rings. The Bertz CT molecular complexity index is 906. The molecule has 0 aromatic heterocycles. The molecular weight excluding hydrogens is 411 g/mol. The van der Waals surface area contributed by atoms with Gasteiger partial charge in [0.25, 0.3) is 0 Å². The fourth-order valence-electron chi connectivity index (χ4n) is 5.28. The number of rotatable bonds is 3. The number of anilines is 1. The molecule has 2 aromatic rings. The number of alkyl halides is 3.